The Bertz CT molecular complexity index is 560. The molecule has 2 heterocycles. The summed E-state index contributed by atoms with van der Waals surface area (Å²) in [6.45, 7) is 1.93. The second-order valence-electron chi connectivity index (χ2n) is 5.48. The van der Waals surface area contributed by atoms with Crippen molar-refractivity contribution in [2.45, 2.75) is 31.7 Å². The molecule has 1 N–H and O–H groups in total. The fourth-order valence-corrected chi connectivity index (χ4v) is 2.45. The highest BCUT2D eigenvalue weighted by molar-refractivity contribution is 5.77. The maximum atomic E-state index is 13.6. The first-order valence-corrected chi connectivity index (χ1v) is 7.77. The van der Waals surface area contributed by atoms with E-state index in [0.717, 1.165) is 0 Å². The number of rotatable bonds is 7. The molecule has 0 aliphatic carbocycles. The molecule has 7 nitrogen and oxygen atoms in total. The van der Waals surface area contributed by atoms with E-state index in [1.54, 1.807) is 0 Å². The van der Waals surface area contributed by atoms with Crippen molar-refractivity contribution in [3.05, 3.63) is 18.1 Å². The zero-order valence-corrected chi connectivity index (χ0v) is 13.4. The first kappa shape index (κ1) is 18.2. The average molecular weight is 342 g/mol. The van der Waals surface area contributed by atoms with E-state index in [9.17, 15) is 18.4 Å². The van der Waals surface area contributed by atoms with Crippen molar-refractivity contribution in [2.24, 2.45) is 0 Å². The van der Waals surface area contributed by atoms with Crippen LogP contribution < -0.4 is 10.2 Å². The summed E-state index contributed by atoms with van der Waals surface area (Å²) in [7, 11) is 0. The predicted octanol–water partition coefficient (Wildman–Crippen LogP) is 1.05. The number of hydrogen-bond acceptors (Lipinski definition) is 7. The fraction of sp³-hybridized carbons (Fsp3) is 0.600. The molecule has 24 heavy (non-hydrogen) atoms. The van der Waals surface area contributed by atoms with Gasteiger partial charge < -0.3 is 15.0 Å². The Hall–Kier alpha value is -2.16. The van der Waals surface area contributed by atoms with E-state index in [1.165, 1.54) is 19.3 Å². The first-order chi connectivity index (χ1) is 11.5. The van der Waals surface area contributed by atoms with E-state index < -0.39 is 18.4 Å². The molecular formula is C15H20F2N4O3. The van der Waals surface area contributed by atoms with E-state index >= 15 is 0 Å². The van der Waals surface area contributed by atoms with Crippen molar-refractivity contribution in [3.8, 4) is 0 Å². The van der Waals surface area contributed by atoms with Gasteiger partial charge in [0.05, 0.1) is 25.5 Å². The van der Waals surface area contributed by atoms with Crippen molar-refractivity contribution in [3.63, 3.8) is 0 Å². The smallest absolute Gasteiger partial charge is 0.378 e. The summed E-state index contributed by atoms with van der Waals surface area (Å²) in [6, 6.07) is -0.108. The van der Waals surface area contributed by atoms with Crippen LogP contribution in [-0.4, -0.2) is 60.4 Å². The first-order valence-electron chi connectivity index (χ1n) is 7.77. The third-order valence-electron chi connectivity index (χ3n) is 3.78. The lowest BCUT2D eigenvalue weighted by Crippen LogP contribution is -2.48. The van der Waals surface area contributed by atoms with Gasteiger partial charge in [-0.15, -0.1) is 0 Å². The number of esters is 1. The summed E-state index contributed by atoms with van der Waals surface area (Å²) in [4.78, 5) is 31.8. The third-order valence-corrected chi connectivity index (χ3v) is 3.78. The van der Waals surface area contributed by atoms with Crippen LogP contribution in [0.15, 0.2) is 12.4 Å². The zero-order valence-electron chi connectivity index (χ0n) is 13.4. The molecule has 0 spiro atoms. The molecule has 0 saturated carbocycles. The normalized spacial score (nSPS) is 16.0. The molecule has 1 aromatic rings. The van der Waals surface area contributed by atoms with Crippen LogP contribution in [0.2, 0.25) is 0 Å². The highest BCUT2D eigenvalue weighted by atomic mass is 19.3. The summed E-state index contributed by atoms with van der Waals surface area (Å²) in [5, 5.41) is 2.73. The number of carbonyl (C=O) groups excluding carboxylic acids is 2. The lowest BCUT2D eigenvalue weighted by Gasteiger charge is -2.33. The van der Waals surface area contributed by atoms with Crippen LogP contribution in [0, 0.1) is 0 Å². The van der Waals surface area contributed by atoms with E-state index in [2.05, 4.69) is 20.0 Å². The van der Waals surface area contributed by atoms with Crippen molar-refractivity contribution < 1.29 is 23.1 Å². The molecule has 0 radical (unpaired) electrons. The van der Waals surface area contributed by atoms with Gasteiger partial charge in [0.1, 0.15) is 11.5 Å². The molecule has 0 unspecified atom stereocenters. The molecule has 0 aromatic carbocycles. The van der Waals surface area contributed by atoms with Gasteiger partial charge in [-0.05, 0) is 19.8 Å². The lowest BCUT2D eigenvalue weighted by molar-refractivity contribution is -0.170. The van der Waals surface area contributed by atoms with Crippen LogP contribution in [0.1, 0.15) is 30.3 Å². The average Bonchev–Trinajstić information content (AvgIpc) is 2.61. The minimum absolute atomic E-state index is 0.0727. The number of hydrogen-bond donors (Lipinski definition) is 1. The lowest BCUT2D eigenvalue weighted by atomic mass is 10.0. The van der Waals surface area contributed by atoms with Crippen LogP contribution in [0.4, 0.5) is 14.6 Å². The second kappa shape index (κ2) is 8.09. The Balaban J connectivity index is 1.80. The molecule has 2 rings (SSSR count). The number of alkyl halides is 2. The van der Waals surface area contributed by atoms with E-state index in [0.29, 0.717) is 38.0 Å². The molecule has 1 saturated heterocycles. The van der Waals surface area contributed by atoms with Gasteiger partial charge >= 0.3 is 11.9 Å². The number of halogens is 2. The Morgan fingerprint density at radius 2 is 2.12 bits per heavy atom. The number of nitrogens with zero attached hydrogens (tertiary/aromatic N) is 3. The molecule has 1 aliphatic heterocycles. The quantitative estimate of drug-likeness (QED) is 0.585. The number of piperidine rings is 1. The summed E-state index contributed by atoms with van der Waals surface area (Å²) in [5.41, 5.74) is 0.261. The maximum absolute atomic E-state index is 13.6. The van der Waals surface area contributed by atoms with Crippen LogP contribution in [0.25, 0.3) is 0 Å². The standard InChI is InChI=1S/C15H20F2N4O3/c1-2-24-14(23)15(16,17)10-20-11-3-5-21(6-4-11)13-8-18-12(9-22)7-19-13/h7-9,11,20H,2-6,10H2,1H3. The van der Waals surface area contributed by atoms with E-state index in [4.69, 9.17) is 0 Å². The second-order valence-corrected chi connectivity index (χ2v) is 5.48. The number of carbonyl (C=O) groups is 2. The highest BCUT2D eigenvalue weighted by Gasteiger charge is 2.40. The highest BCUT2D eigenvalue weighted by Crippen LogP contribution is 2.19. The van der Waals surface area contributed by atoms with Crippen molar-refractivity contribution in [1.82, 2.24) is 15.3 Å². The zero-order chi connectivity index (χ0) is 17.6. The van der Waals surface area contributed by atoms with Gasteiger partial charge in [-0.25, -0.2) is 14.8 Å². The molecule has 1 aliphatic rings. The Kier molecular flexibility index (Phi) is 6.13. The van der Waals surface area contributed by atoms with Gasteiger partial charge in [0.2, 0.25) is 0 Å². The van der Waals surface area contributed by atoms with Crippen LogP contribution >= 0.6 is 0 Å². The van der Waals surface area contributed by atoms with E-state index in [-0.39, 0.29) is 18.3 Å². The van der Waals surface area contributed by atoms with Crippen LogP contribution in [0.3, 0.4) is 0 Å². The molecule has 9 heteroatoms. The van der Waals surface area contributed by atoms with Gasteiger partial charge in [0.15, 0.2) is 6.29 Å². The van der Waals surface area contributed by atoms with Crippen molar-refractivity contribution in [2.75, 3.05) is 31.1 Å². The Morgan fingerprint density at radius 1 is 1.42 bits per heavy atom. The number of nitrogens with one attached hydrogen (secondary N) is 1. The maximum Gasteiger partial charge on any atom is 0.378 e. The monoisotopic (exact) mass is 342 g/mol. The SMILES string of the molecule is CCOC(=O)C(F)(F)CNC1CCN(c2cnc(C=O)cn2)CC1. The van der Waals surface area contributed by atoms with E-state index in [1.807, 2.05) is 4.90 Å². The number of ether oxygens (including phenoxy) is 1. The summed E-state index contributed by atoms with van der Waals surface area (Å²) >= 11 is 0. The number of aromatic nitrogens is 2. The van der Waals surface area contributed by atoms with Crippen LogP contribution in [0.5, 0.6) is 0 Å². The summed E-state index contributed by atoms with van der Waals surface area (Å²) in [6.07, 6.45) is 4.81. The molecule has 0 amide bonds. The molecule has 132 valence electrons. The van der Waals surface area contributed by atoms with Gasteiger partial charge in [0, 0.05) is 19.1 Å². The summed E-state index contributed by atoms with van der Waals surface area (Å²) < 4.78 is 31.5. The number of aldehydes is 1. The fourth-order valence-electron chi connectivity index (χ4n) is 2.45. The third kappa shape index (κ3) is 4.67. The minimum Gasteiger partial charge on any atom is -0.462 e. The molecule has 1 aromatic heterocycles. The predicted molar refractivity (Wildman–Crippen MR) is 82.2 cm³/mol. The molecular weight excluding hydrogens is 322 g/mol. The van der Waals surface area contributed by atoms with Gasteiger partial charge in [-0.3, -0.25) is 4.79 Å². The van der Waals surface area contributed by atoms with Crippen molar-refractivity contribution >= 4 is 18.1 Å². The van der Waals surface area contributed by atoms with Crippen LogP contribution in [-0.2, 0) is 9.53 Å². The topological polar surface area (TPSA) is 84.4 Å². The Morgan fingerprint density at radius 3 is 2.67 bits per heavy atom. The minimum atomic E-state index is -3.52. The number of anilines is 1. The van der Waals surface area contributed by atoms with Gasteiger partial charge in [-0.2, -0.15) is 8.78 Å². The van der Waals surface area contributed by atoms with Gasteiger partial charge in [-0.1, -0.05) is 0 Å². The molecule has 0 bridgehead atoms. The molecule has 1 fully saturated rings. The Labute approximate surface area is 138 Å². The summed E-state index contributed by atoms with van der Waals surface area (Å²) in [5.74, 6) is -4.38. The molecule has 0 atom stereocenters. The van der Waals surface area contributed by atoms with Gasteiger partial charge in [0.25, 0.3) is 0 Å². The largest absolute Gasteiger partial charge is 0.462 e. The van der Waals surface area contributed by atoms with Crippen molar-refractivity contribution in [1.29, 1.82) is 0 Å².